The number of nitrogens with one attached hydrogen (secondary N) is 1. The lowest BCUT2D eigenvalue weighted by atomic mass is 9.79. The molecule has 2 aromatic rings. The van der Waals surface area contributed by atoms with E-state index in [1.54, 1.807) is 18.3 Å². The Morgan fingerprint density at radius 2 is 2.00 bits per heavy atom. The van der Waals surface area contributed by atoms with Gasteiger partial charge in [0.1, 0.15) is 5.15 Å². The largest absolute Gasteiger partial charge is 0.399 e. The van der Waals surface area contributed by atoms with E-state index in [0.717, 1.165) is 53.1 Å². The zero-order chi connectivity index (χ0) is 17.3. The average Bonchev–Trinajstić information content (AvgIpc) is 3.13. The molecule has 1 aliphatic carbocycles. The number of halogens is 1. The Morgan fingerprint density at radius 3 is 2.58 bits per heavy atom. The van der Waals surface area contributed by atoms with Crippen molar-refractivity contribution in [3.8, 4) is 0 Å². The van der Waals surface area contributed by atoms with Gasteiger partial charge in [-0.15, -0.1) is 12.6 Å². The molecule has 0 atom stereocenters. The van der Waals surface area contributed by atoms with Crippen LogP contribution in [0.3, 0.4) is 0 Å². The topological polar surface area (TPSA) is 68.0 Å². The van der Waals surface area contributed by atoms with Gasteiger partial charge in [-0.25, -0.2) is 4.98 Å². The Balaban J connectivity index is 0.000000179. The van der Waals surface area contributed by atoms with Crippen LogP contribution >= 0.6 is 24.2 Å². The Bertz CT molecular complexity index is 750. The third kappa shape index (κ3) is 3.10. The van der Waals surface area contributed by atoms with Gasteiger partial charge in [0.2, 0.25) is 5.91 Å². The van der Waals surface area contributed by atoms with Gasteiger partial charge in [0.05, 0.1) is 5.41 Å². The summed E-state index contributed by atoms with van der Waals surface area (Å²) in [5.41, 5.74) is 9.59. The van der Waals surface area contributed by atoms with E-state index in [4.69, 9.17) is 17.3 Å². The summed E-state index contributed by atoms with van der Waals surface area (Å²) < 4.78 is 0. The Morgan fingerprint density at radius 1 is 1.29 bits per heavy atom. The van der Waals surface area contributed by atoms with Crippen molar-refractivity contribution in [2.24, 2.45) is 0 Å². The molecule has 0 unspecified atom stereocenters. The van der Waals surface area contributed by atoms with Gasteiger partial charge in [-0.05, 0) is 55.2 Å². The van der Waals surface area contributed by atoms with Crippen molar-refractivity contribution in [2.75, 3.05) is 11.1 Å². The monoisotopic (exact) mass is 361 g/mol. The average molecular weight is 362 g/mol. The maximum absolute atomic E-state index is 12.2. The van der Waals surface area contributed by atoms with E-state index in [-0.39, 0.29) is 11.3 Å². The summed E-state index contributed by atoms with van der Waals surface area (Å²) in [7, 11) is 0. The Hall–Kier alpha value is -1.72. The molecule has 0 saturated heterocycles. The fourth-order valence-electron chi connectivity index (χ4n) is 3.56. The number of aryl methyl sites for hydroxylation is 1. The van der Waals surface area contributed by atoms with Crippen LogP contribution in [0.5, 0.6) is 0 Å². The van der Waals surface area contributed by atoms with E-state index in [9.17, 15) is 4.79 Å². The number of hydrogen-bond donors (Lipinski definition) is 3. The molecule has 4 rings (SSSR count). The summed E-state index contributed by atoms with van der Waals surface area (Å²) >= 11 is 9.48. The molecule has 1 aliphatic heterocycles. The smallest absolute Gasteiger partial charge is 0.235 e. The van der Waals surface area contributed by atoms with Crippen molar-refractivity contribution in [3.05, 3.63) is 46.7 Å². The minimum atomic E-state index is -0.268. The third-order valence-electron chi connectivity index (χ3n) is 4.72. The Kier molecular flexibility index (Phi) is 4.74. The lowest BCUT2D eigenvalue weighted by Crippen LogP contribution is -2.30. The van der Waals surface area contributed by atoms with Crippen LogP contribution in [0.1, 0.15) is 36.8 Å². The fraction of sp³-hybridized carbons (Fsp3) is 0.333. The van der Waals surface area contributed by atoms with Crippen LogP contribution in [0.25, 0.3) is 0 Å². The number of benzene rings is 1. The second-order valence-electron chi connectivity index (χ2n) is 6.34. The molecule has 6 heteroatoms. The summed E-state index contributed by atoms with van der Waals surface area (Å²) in [5.74, 6) is 0.175. The number of carbonyl (C=O) groups excluding carboxylic acids is 1. The first-order chi connectivity index (χ1) is 11.4. The number of anilines is 2. The SMILES string of the molecule is Cc1cc(N)cc2c1NC(=O)C21CCCC1.Sc1ccc(Cl)nc1. The van der Waals surface area contributed by atoms with Crippen LogP contribution < -0.4 is 11.1 Å². The lowest BCUT2D eigenvalue weighted by Gasteiger charge is -2.20. The van der Waals surface area contributed by atoms with E-state index >= 15 is 0 Å². The van der Waals surface area contributed by atoms with Crippen LogP contribution in [0, 0.1) is 6.92 Å². The van der Waals surface area contributed by atoms with Gasteiger partial charge >= 0.3 is 0 Å². The van der Waals surface area contributed by atoms with Gasteiger partial charge in [-0.1, -0.05) is 24.4 Å². The maximum Gasteiger partial charge on any atom is 0.235 e. The van der Waals surface area contributed by atoms with E-state index in [1.165, 1.54) is 0 Å². The standard InChI is InChI=1S/C13H16N2O.C5H4ClNS/c1-8-6-9(14)7-10-11(8)15-12(16)13(10)4-2-3-5-13;6-5-2-1-4(8)3-7-5/h6-7H,2-5,14H2,1H3,(H,15,16);1-3,8H. The molecule has 0 radical (unpaired) electrons. The molecular weight excluding hydrogens is 342 g/mol. The molecule has 1 fully saturated rings. The van der Waals surface area contributed by atoms with Crippen molar-refractivity contribution in [1.29, 1.82) is 0 Å². The molecule has 3 N–H and O–H groups in total. The number of nitrogens with zero attached hydrogens (tertiary/aromatic N) is 1. The molecule has 1 spiro atoms. The maximum atomic E-state index is 12.2. The first-order valence-electron chi connectivity index (χ1n) is 7.95. The lowest BCUT2D eigenvalue weighted by molar-refractivity contribution is -0.120. The number of hydrogen-bond acceptors (Lipinski definition) is 4. The first kappa shape index (κ1) is 17.1. The molecule has 126 valence electrons. The molecule has 1 aromatic carbocycles. The predicted octanol–water partition coefficient (Wildman–Crippen LogP) is 4.36. The molecular formula is C18H20ClN3OS. The number of fused-ring (bicyclic) bond motifs is 2. The van der Waals surface area contributed by atoms with E-state index in [0.29, 0.717) is 5.15 Å². The van der Waals surface area contributed by atoms with Gasteiger partial charge in [0, 0.05) is 22.5 Å². The zero-order valence-electron chi connectivity index (χ0n) is 13.5. The van der Waals surface area contributed by atoms with Gasteiger partial charge < -0.3 is 11.1 Å². The number of nitrogen functional groups attached to an aromatic ring is 1. The van der Waals surface area contributed by atoms with Crippen molar-refractivity contribution in [2.45, 2.75) is 42.9 Å². The number of thiol groups is 1. The number of rotatable bonds is 0. The summed E-state index contributed by atoms with van der Waals surface area (Å²) in [6.45, 7) is 2.00. The van der Waals surface area contributed by atoms with Crippen LogP contribution in [0.4, 0.5) is 11.4 Å². The normalized spacial score (nSPS) is 17.2. The van der Waals surface area contributed by atoms with E-state index in [1.807, 2.05) is 19.1 Å². The molecule has 2 heterocycles. The highest BCUT2D eigenvalue weighted by Gasteiger charge is 2.48. The summed E-state index contributed by atoms with van der Waals surface area (Å²) in [6.07, 6.45) is 5.82. The Labute approximate surface area is 152 Å². The van der Waals surface area contributed by atoms with E-state index < -0.39 is 0 Å². The number of aromatic nitrogens is 1. The highest BCUT2D eigenvalue weighted by Crippen LogP contribution is 2.50. The minimum Gasteiger partial charge on any atom is -0.399 e. The fourth-order valence-corrected chi connectivity index (χ4v) is 3.80. The van der Waals surface area contributed by atoms with Crippen molar-refractivity contribution in [3.63, 3.8) is 0 Å². The summed E-state index contributed by atoms with van der Waals surface area (Å²) in [4.78, 5) is 16.8. The highest BCUT2D eigenvalue weighted by atomic mass is 35.5. The third-order valence-corrected chi connectivity index (χ3v) is 5.20. The van der Waals surface area contributed by atoms with Crippen LogP contribution in [-0.2, 0) is 10.2 Å². The molecule has 1 aromatic heterocycles. The number of carbonyl (C=O) groups is 1. The molecule has 24 heavy (non-hydrogen) atoms. The van der Waals surface area contributed by atoms with Crippen molar-refractivity contribution >= 4 is 41.5 Å². The highest BCUT2D eigenvalue weighted by molar-refractivity contribution is 7.80. The number of pyridine rings is 1. The molecule has 1 saturated carbocycles. The molecule has 4 nitrogen and oxygen atoms in total. The molecule has 2 aliphatic rings. The second kappa shape index (κ2) is 6.65. The summed E-state index contributed by atoms with van der Waals surface area (Å²) in [5, 5.41) is 3.53. The van der Waals surface area contributed by atoms with Gasteiger partial charge in [0.25, 0.3) is 0 Å². The zero-order valence-corrected chi connectivity index (χ0v) is 15.1. The summed E-state index contributed by atoms with van der Waals surface area (Å²) in [6, 6.07) is 7.39. The van der Waals surface area contributed by atoms with E-state index in [2.05, 4.69) is 22.9 Å². The number of amides is 1. The van der Waals surface area contributed by atoms with Crippen molar-refractivity contribution in [1.82, 2.24) is 4.98 Å². The van der Waals surface area contributed by atoms with Crippen LogP contribution in [0.2, 0.25) is 5.15 Å². The van der Waals surface area contributed by atoms with Gasteiger partial charge in [-0.3, -0.25) is 4.79 Å². The quantitative estimate of drug-likeness (QED) is 0.371. The minimum absolute atomic E-state index is 0.175. The first-order valence-corrected chi connectivity index (χ1v) is 8.77. The molecule has 0 bridgehead atoms. The number of nitrogens with two attached hydrogens (primary N) is 1. The van der Waals surface area contributed by atoms with Crippen molar-refractivity contribution < 1.29 is 4.79 Å². The van der Waals surface area contributed by atoms with Gasteiger partial charge in [0.15, 0.2) is 0 Å². The van der Waals surface area contributed by atoms with Crippen LogP contribution in [-0.4, -0.2) is 10.9 Å². The van der Waals surface area contributed by atoms with Gasteiger partial charge in [-0.2, -0.15) is 0 Å². The predicted molar refractivity (Wildman–Crippen MR) is 101 cm³/mol. The molecule has 1 amide bonds. The second-order valence-corrected chi connectivity index (χ2v) is 7.25. The van der Waals surface area contributed by atoms with Crippen LogP contribution in [0.15, 0.2) is 35.4 Å².